The fourth-order valence-corrected chi connectivity index (χ4v) is 1.95. The standard InChI is InChI=1S/C16H20F3N3.HI/c1-4-9-21-15(20-3)22-10-8-12(2)13-6-5-7-14(11-13)16(17,18)19;/h1,5-7,11-12H,8-10H2,2-3H3,(H2,20,21,22);1H. The number of nitrogens with one attached hydrogen (secondary N) is 2. The van der Waals surface area contributed by atoms with Crippen LogP contribution in [0.4, 0.5) is 13.2 Å². The molecular weight excluding hydrogens is 418 g/mol. The minimum absolute atomic E-state index is 0. The molecule has 0 bridgehead atoms. The lowest BCUT2D eigenvalue weighted by Gasteiger charge is -2.16. The van der Waals surface area contributed by atoms with Crippen molar-refractivity contribution >= 4 is 29.9 Å². The van der Waals surface area contributed by atoms with E-state index in [0.29, 0.717) is 31.0 Å². The summed E-state index contributed by atoms with van der Waals surface area (Å²) >= 11 is 0. The molecule has 0 aliphatic rings. The maximum atomic E-state index is 12.7. The van der Waals surface area contributed by atoms with Gasteiger partial charge in [-0.15, -0.1) is 30.4 Å². The first kappa shape index (κ1) is 21.6. The van der Waals surface area contributed by atoms with Crippen LogP contribution in [0.5, 0.6) is 0 Å². The molecule has 2 N–H and O–H groups in total. The van der Waals surface area contributed by atoms with Crippen molar-refractivity contribution in [1.82, 2.24) is 10.6 Å². The maximum Gasteiger partial charge on any atom is 0.416 e. The van der Waals surface area contributed by atoms with E-state index in [0.717, 1.165) is 6.07 Å². The summed E-state index contributed by atoms with van der Waals surface area (Å²) in [7, 11) is 1.63. The van der Waals surface area contributed by atoms with E-state index < -0.39 is 11.7 Å². The molecule has 0 aliphatic carbocycles. The van der Waals surface area contributed by atoms with Gasteiger partial charge in [0.05, 0.1) is 12.1 Å². The molecule has 0 amide bonds. The van der Waals surface area contributed by atoms with Gasteiger partial charge < -0.3 is 10.6 Å². The average molecular weight is 439 g/mol. The van der Waals surface area contributed by atoms with E-state index in [1.54, 1.807) is 13.1 Å². The van der Waals surface area contributed by atoms with Crippen LogP contribution in [0.3, 0.4) is 0 Å². The van der Waals surface area contributed by atoms with Crippen molar-refractivity contribution < 1.29 is 13.2 Å². The van der Waals surface area contributed by atoms with E-state index in [-0.39, 0.29) is 29.9 Å². The van der Waals surface area contributed by atoms with Crippen molar-refractivity contribution in [2.24, 2.45) is 4.99 Å². The fourth-order valence-electron chi connectivity index (χ4n) is 1.95. The van der Waals surface area contributed by atoms with Gasteiger partial charge in [0.1, 0.15) is 0 Å². The van der Waals surface area contributed by atoms with Crippen LogP contribution in [0, 0.1) is 12.3 Å². The van der Waals surface area contributed by atoms with Crippen LogP contribution >= 0.6 is 24.0 Å². The van der Waals surface area contributed by atoms with Crippen molar-refractivity contribution in [3.05, 3.63) is 35.4 Å². The Morgan fingerprint density at radius 1 is 1.35 bits per heavy atom. The molecule has 7 heteroatoms. The SMILES string of the molecule is C#CCNC(=NC)NCCC(C)c1cccc(C(F)(F)F)c1.I. The lowest BCUT2D eigenvalue weighted by molar-refractivity contribution is -0.137. The molecule has 1 rings (SSSR count). The first-order valence-corrected chi connectivity index (χ1v) is 6.93. The molecule has 0 heterocycles. The summed E-state index contributed by atoms with van der Waals surface area (Å²) in [6.45, 7) is 2.85. The molecular formula is C16H21F3IN3. The van der Waals surface area contributed by atoms with Crippen LogP contribution in [-0.4, -0.2) is 26.1 Å². The Balaban J connectivity index is 0.00000484. The normalized spacial score (nSPS) is 12.8. The molecule has 0 spiro atoms. The second-order valence-corrected chi connectivity index (χ2v) is 4.87. The van der Waals surface area contributed by atoms with Gasteiger partial charge in [0.25, 0.3) is 0 Å². The highest BCUT2D eigenvalue weighted by atomic mass is 127. The number of hydrogen-bond donors (Lipinski definition) is 2. The number of aliphatic imine (C=N–C) groups is 1. The van der Waals surface area contributed by atoms with Gasteiger partial charge in [-0.3, -0.25) is 4.99 Å². The van der Waals surface area contributed by atoms with Crippen LogP contribution in [0.1, 0.15) is 30.4 Å². The topological polar surface area (TPSA) is 36.4 Å². The molecule has 0 radical (unpaired) electrons. The monoisotopic (exact) mass is 439 g/mol. The summed E-state index contributed by atoms with van der Waals surface area (Å²) < 4.78 is 38.1. The third-order valence-corrected chi connectivity index (χ3v) is 3.23. The Labute approximate surface area is 152 Å². The van der Waals surface area contributed by atoms with E-state index >= 15 is 0 Å². The lowest BCUT2D eigenvalue weighted by atomic mass is 9.96. The van der Waals surface area contributed by atoms with E-state index in [1.807, 2.05) is 6.92 Å². The smallest absolute Gasteiger partial charge is 0.356 e. The van der Waals surface area contributed by atoms with E-state index in [2.05, 4.69) is 21.5 Å². The minimum Gasteiger partial charge on any atom is -0.356 e. The van der Waals surface area contributed by atoms with Crippen molar-refractivity contribution in [3.8, 4) is 12.3 Å². The Morgan fingerprint density at radius 2 is 2.04 bits per heavy atom. The van der Waals surface area contributed by atoms with Crippen LogP contribution in [0.2, 0.25) is 0 Å². The third-order valence-electron chi connectivity index (χ3n) is 3.23. The first-order chi connectivity index (χ1) is 10.4. The van der Waals surface area contributed by atoms with E-state index in [1.165, 1.54) is 12.1 Å². The zero-order chi connectivity index (χ0) is 16.6. The second kappa shape index (κ2) is 10.4. The quantitative estimate of drug-likeness (QED) is 0.318. The van der Waals surface area contributed by atoms with Gasteiger partial charge >= 0.3 is 6.18 Å². The predicted molar refractivity (Wildman–Crippen MR) is 98.1 cm³/mol. The highest BCUT2D eigenvalue weighted by Crippen LogP contribution is 2.31. The molecule has 1 unspecified atom stereocenters. The first-order valence-electron chi connectivity index (χ1n) is 6.93. The molecule has 1 aromatic carbocycles. The Hall–Kier alpha value is -1.43. The summed E-state index contributed by atoms with van der Waals surface area (Å²) in [5.41, 5.74) is 0.0551. The zero-order valence-corrected chi connectivity index (χ0v) is 15.4. The fraction of sp³-hybridized carbons (Fsp3) is 0.438. The number of halogens is 4. The molecule has 23 heavy (non-hydrogen) atoms. The lowest BCUT2D eigenvalue weighted by Crippen LogP contribution is -2.38. The van der Waals surface area contributed by atoms with Gasteiger partial charge in [-0.25, -0.2) is 0 Å². The highest BCUT2D eigenvalue weighted by Gasteiger charge is 2.30. The van der Waals surface area contributed by atoms with Crippen LogP contribution in [0.15, 0.2) is 29.3 Å². The van der Waals surface area contributed by atoms with Crippen LogP contribution in [-0.2, 0) is 6.18 Å². The van der Waals surface area contributed by atoms with Gasteiger partial charge in [0.2, 0.25) is 0 Å². The van der Waals surface area contributed by atoms with Gasteiger partial charge in [-0.05, 0) is 24.0 Å². The molecule has 3 nitrogen and oxygen atoms in total. The van der Waals surface area contributed by atoms with Crippen molar-refractivity contribution in [2.45, 2.75) is 25.4 Å². The molecule has 0 aromatic heterocycles. The van der Waals surface area contributed by atoms with Crippen molar-refractivity contribution in [2.75, 3.05) is 20.1 Å². The molecule has 0 aliphatic heterocycles. The molecule has 1 atom stereocenters. The molecule has 0 fully saturated rings. The number of hydrogen-bond acceptors (Lipinski definition) is 1. The number of terminal acetylenes is 1. The summed E-state index contributed by atoms with van der Waals surface area (Å²) in [6.07, 6.45) is 1.51. The Morgan fingerprint density at radius 3 is 2.61 bits per heavy atom. The highest BCUT2D eigenvalue weighted by molar-refractivity contribution is 14.0. The van der Waals surface area contributed by atoms with Crippen molar-refractivity contribution in [1.29, 1.82) is 0 Å². The molecule has 0 saturated heterocycles. The van der Waals surface area contributed by atoms with Gasteiger partial charge in [0.15, 0.2) is 5.96 Å². The molecule has 128 valence electrons. The Kier molecular flexibility index (Phi) is 9.72. The summed E-state index contributed by atoms with van der Waals surface area (Å²) in [5.74, 6) is 3.02. The van der Waals surface area contributed by atoms with E-state index in [9.17, 15) is 13.2 Å². The predicted octanol–water partition coefficient (Wildman–Crippen LogP) is 3.62. The molecule has 1 aromatic rings. The number of rotatable bonds is 5. The van der Waals surface area contributed by atoms with Crippen molar-refractivity contribution in [3.63, 3.8) is 0 Å². The zero-order valence-electron chi connectivity index (χ0n) is 13.1. The number of guanidine groups is 1. The summed E-state index contributed by atoms with van der Waals surface area (Å²) in [5, 5.41) is 5.99. The summed E-state index contributed by atoms with van der Waals surface area (Å²) in [6, 6.07) is 5.44. The van der Waals surface area contributed by atoms with Crippen LogP contribution < -0.4 is 10.6 Å². The van der Waals surface area contributed by atoms with Gasteiger partial charge in [-0.2, -0.15) is 13.2 Å². The van der Waals surface area contributed by atoms with E-state index in [4.69, 9.17) is 6.42 Å². The molecule has 0 saturated carbocycles. The number of nitrogens with zero attached hydrogens (tertiary/aromatic N) is 1. The summed E-state index contributed by atoms with van der Waals surface area (Å²) in [4.78, 5) is 3.99. The maximum absolute atomic E-state index is 12.7. The Bertz CT molecular complexity index is 550. The largest absolute Gasteiger partial charge is 0.416 e. The average Bonchev–Trinajstić information content (AvgIpc) is 2.49. The van der Waals surface area contributed by atoms with Gasteiger partial charge in [-0.1, -0.05) is 31.0 Å². The number of alkyl halides is 3. The number of benzene rings is 1. The second-order valence-electron chi connectivity index (χ2n) is 4.87. The van der Waals surface area contributed by atoms with Gasteiger partial charge in [0, 0.05) is 13.6 Å². The third kappa shape index (κ3) is 7.59. The minimum atomic E-state index is -4.31. The van der Waals surface area contributed by atoms with Crippen LogP contribution in [0.25, 0.3) is 0 Å².